The van der Waals surface area contributed by atoms with Crippen molar-refractivity contribution in [3.05, 3.63) is 0 Å². The van der Waals surface area contributed by atoms with Gasteiger partial charge in [-0.1, -0.05) is 26.2 Å². The molecule has 0 heterocycles. The van der Waals surface area contributed by atoms with Gasteiger partial charge in [-0.3, -0.25) is 4.79 Å². The maximum Gasteiger partial charge on any atom is 0.382 e. The van der Waals surface area contributed by atoms with Crippen LogP contribution in [0.5, 0.6) is 0 Å². The van der Waals surface area contributed by atoms with Crippen molar-refractivity contribution in [3.8, 4) is 0 Å². The van der Waals surface area contributed by atoms with Crippen LogP contribution in [0.4, 0.5) is 0 Å². The summed E-state index contributed by atoms with van der Waals surface area (Å²) in [5, 5.41) is 4.50. The molecule has 0 aromatic rings. The van der Waals surface area contributed by atoms with Crippen LogP contribution in [0.3, 0.4) is 0 Å². The minimum atomic E-state index is -4.12. The largest absolute Gasteiger partial charge is 0.382 e. The molecule has 0 spiro atoms. The summed E-state index contributed by atoms with van der Waals surface area (Å²) in [5.41, 5.74) is 0. The van der Waals surface area contributed by atoms with Crippen molar-refractivity contribution >= 4 is 16.3 Å². The molecule has 13 heavy (non-hydrogen) atoms. The van der Waals surface area contributed by atoms with Crippen LogP contribution in [0.25, 0.3) is 0 Å². The molecule has 0 fully saturated rings. The molecule has 78 valence electrons. The standard InChI is InChI=1S/C7H15NO4S/c1-2-3-4-5-6-7(9)12-13(8,10)11/h2-6H2,1H3,(H2,8,10,11). The highest BCUT2D eigenvalue weighted by Gasteiger charge is 2.10. The fraction of sp³-hybridized carbons (Fsp3) is 0.857. The van der Waals surface area contributed by atoms with Gasteiger partial charge in [-0.25, -0.2) is 0 Å². The molecule has 0 aromatic carbocycles. The van der Waals surface area contributed by atoms with E-state index in [1.807, 2.05) is 6.92 Å². The van der Waals surface area contributed by atoms with Gasteiger partial charge in [0.1, 0.15) is 0 Å². The van der Waals surface area contributed by atoms with E-state index >= 15 is 0 Å². The fourth-order valence-corrected chi connectivity index (χ4v) is 1.21. The summed E-state index contributed by atoms with van der Waals surface area (Å²) in [6, 6.07) is 0. The third-order valence-corrected chi connectivity index (χ3v) is 1.86. The summed E-state index contributed by atoms with van der Waals surface area (Å²) in [4.78, 5) is 10.7. The summed E-state index contributed by atoms with van der Waals surface area (Å²) >= 11 is 0. The van der Waals surface area contributed by atoms with Crippen LogP contribution in [0.1, 0.15) is 39.0 Å². The van der Waals surface area contributed by atoms with Gasteiger partial charge in [-0.05, 0) is 6.42 Å². The second-order valence-corrected chi connectivity index (χ2v) is 3.91. The number of carbonyl (C=O) groups excluding carboxylic acids is 1. The molecule has 0 saturated carbocycles. The summed E-state index contributed by atoms with van der Waals surface area (Å²) < 4.78 is 24.5. The number of hydrogen-bond acceptors (Lipinski definition) is 4. The molecule has 0 aliphatic rings. The van der Waals surface area contributed by atoms with Gasteiger partial charge in [-0.15, -0.1) is 0 Å². The van der Waals surface area contributed by atoms with E-state index in [2.05, 4.69) is 9.32 Å². The first-order valence-electron chi connectivity index (χ1n) is 4.20. The van der Waals surface area contributed by atoms with E-state index in [0.29, 0.717) is 6.42 Å². The van der Waals surface area contributed by atoms with Crippen molar-refractivity contribution < 1.29 is 17.4 Å². The smallest absolute Gasteiger partial charge is 0.334 e. The predicted molar refractivity (Wildman–Crippen MR) is 48.0 cm³/mol. The third kappa shape index (κ3) is 9.29. The lowest BCUT2D eigenvalue weighted by Crippen LogP contribution is -2.20. The maximum atomic E-state index is 10.7. The first-order valence-corrected chi connectivity index (χ1v) is 5.68. The first-order chi connectivity index (χ1) is 5.95. The highest BCUT2D eigenvalue weighted by molar-refractivity contribution is 7.84. The molecular formula is C7H15NO4S. The van der Waals surface area contributed by atoms with Crippen LogP contribution in [-0.4, -0.2) is 14.4 Å². The first kappa shape index (κ1) is 12.4. The predicted octanol–water partition coefficient (Wildman–Crippen LogP) is 0.704. The van der Waals surface area contributed by atoms with Gasteiger partial charge >= 0.3 is 16.3 Å². The van der Waals surface area contributed by atoms with Crippen LogP contribution in [0.15, 0.2) is 0 Å². The molecule has 0 saturated heterocycles. The zero-order valence-electron chi connectivity index (χ0n) is 7.65. The molecule has 0 atom stereocenters. The second kappa shape index (κ2) is 5.93. The highest BCUT2D eigenvalue weighted by atomic mass is 32.2. The highest BCUT2D eigenvalue weighted by Crippen LogP contribution is 2.03. The van der Waals surface area contributed by atoms with Crippen molar-refractivity contribution in [1.29, 1.82) is 0 Å². The van der Waals surface area contributed by atoms with Crippen LogP contribution in [-0.2, 0) is 19.3 Å². The van der Waals surface area contributed by atoms with Crippen molar-refractivity contribution in [2.45, 2.75) is 39.0 Å². The van der Waals surface area contributed by atoms with Crippen molar-refractivity contribution in [1.82, 2.24) is 0 Å². The Hall–Kier alpha value is -0.620. The Morgan fingerprint density at radius 2 is 1.92 bits per heavy atom. The summed E-state index contributed by atoms with van der Waals surface area (Å²) in [7, 11) is -4.12. The van der Waals surface area contributed by atoms with Crippen molar-refractivity contribution in [2.75, 3.05) is 0 Å². The van der Waals surface area contributed by atoms with Crippen molar-refractivity contribution in [2.24, 2.45) is 5.14 Å². The Morgan fingerprint density at radius 3 is 2.38 bits per heavy atom. The topological polar surface area (TPSA) is 86.5 Å². The number of hydrogen-bond donors (Lipinski definition) is 1. The lowest BCUT2D eigenvalue weighted by molar-refractivity contribution is -0.133. The fourth-order valence-electron chi connectivity index (χ4n) is 0.867. The molecule has 0 unspecified atom stereocenters. The monoisotopic (exact) mass is 209 g/mol. The number of nitrogens with two attached hydrogens (primary N) is 1. The Bertz CT molecular complexity index is 247. The van der Waals surface area contributed by atoms with Gasteiger partial charge in [0.25, 0.3) is 0 Å². The molecule has 6 heteroatoms. The minimum Gasteiger partial charge on any atom is -0.334 e. The number of carbonyl (C=O) groups is 1. The van der Waals surface area contributed by atoms with Gasteiger partial charge in [0, 0.05) is 6.42 Å². The maximum absolute atomic E-state index is 10.7. The Morgan fingerprint density at radius 1 is 1.31 bits per heavy atom. The van der Waals surface area contributed by atoms with Crippen LogP contribution < -0.4 is 5.14 Å². The van der Waals surface area contributed by atoms with E-state index in [1.54, 1.807) is 0 Å². The molecule has 0 aliphatic carbocycles. The van der Waals surface area contributed by atoms with Gasteiger partial charge < -0.3 is 4.18 Å². The molecular weight excluding hydrogens is 194 g/mol. The van der Waals surface area contributed by atoms with E-state index in [4.69, 9.17) is 0 Å². The average Bonchev–Trinajstić information content (AvgIpc) is 1.94. The van der Waals surface area contributed by atoms with E-state index < -0.39 is 16.3 Å². The van der Waals surface area contributed by atoms with Crippen LogP contribution in [0, 0.1) is 0 Å². The molecule has 2 N–H and O–H groups in total. The summed E-state index contributed by atoms with van der Waals surface area (Å²) in [5.74, 6) is -0.779. The number of rotatable bonds is 6. The van der Waals surface area contributed by atoms with Crippen molar-refractivity contribution in [3.63, 3.8) is 0 Å². The molecule has 0 aliphatic heterocycles. The normalized spacial score (nSPS) is 11.2. The lowest BCUT2D eigenvalue weighted by atomic mass is 10.2. The molecule has 0 rings (SSSR count). The van der Waals surface area contributed by atoms with E-state index in [1.165, 1.54) is 0 Å². The minimum absolute atomic E-state index is 0.108. The quantitative estimate of drug-likeness (QED) is 0.652. The molecule has 0 bridgehead atoms. The van der Waals surface area contributed by atoms with E-state index in [-0.39, 0.29) is 6.42 Å². The number of unbranched alkanes of at least 4 members (excludes halogenated alkanes) is 3. The second-order valence-electron chi connectivity index (χ2n) is 2.76. The summed E-state index contributed by atoms with van der Waals surface area (Å²) in [6.45, 7) is 2.04. The van der Waals surface area contributed by atoms with Crippen LogP contribution >= 0.6 is 0 Å². The zero-order valence-corrected chi connectivity index (χ0v) is 8.47. The van der Waals surface area contributed by atoms with Gasteiger partial charge in [0.05, 0.1) is 0 Å². The SMILES string of the molecule is CCCCCCC(=O)OS(N)(=O)=O. The Kier molecular flexibility index (Phi) is 5.65. The van der Waals surface area contributed by atoms with Crippen LogP contribution in [0.2, 0.25) is 0 Å². The van der Waals surface area contributed by atoms with E-state index in [0.717, 1.165) is 19.3 Å². The molecule has 0 amide bonds. The lowest BCUT2D eigenvalue weighted by Gasteiger charge is -2.00. The average molecular weight is 209 g/mol. The molecule has 5 nitrogen and oxygen atoms in total. The van der Waals surface area contributed by atoms with E-state index in [9.17, 15) is 13.2 Å². The molecule has 0 radical (unpaired) electrons. The Labute approximate surface area is 78.5 Å². The summed E-state index contributed by atoms with van der Waals surface area (Å²) in [6.07, 6.45) is 3.74. The van der Waals surface area contributed by atoms with Gasteiger partial charge in [-0.2, -0.15) is 13.6 Å². The molecule has 0 aromatic heterocycles. The Balaban J connectivity index is 3.53. The zero-order chi connectivity index (χ0) is 10.3. The van der Waals surface area contributed by atoms with Gasteiger partial charge in [0.2, 0.25) is 0 Å². The van der Waals surface area contributed by atoms with Gasteiger partial charge in [0.15, 0.2) is 0 Å². The third-order valence-electron chi connectivity index (χ3n) is 1.44.